The fourth-order valence-electron chi connectivity index (χ4n) is 4.35. The summed E-state index contributed by atoms with van der Waals surface area (Å²) in [6.45, 7) is 5.02. The SMILES string of the molecule is CC[C@H](C)[C@H](NC(=O)c1ccccc1)C(=O)N[C@@H](CCC(=O)O)C(=O)N[C@@H](C)C(=O)N[C@@H](CCCN=C(N)N)C(=O)O.Cl.Nc1ccc([N+](=O)[O-])cc1. The summed E-state index contributed by atoms with van der Waals surface area (Å²) in [4.78, 5) is 87.9. The summed E-state index contributed by atoms with van der Waals surface area (Å²) in [5, 5.41) is 38.6. The van der Waals surface area contributed by atoms with Gasteiger partial charge in [0.05, 0.1) is 4.92 Å². The predicted molar refractivity (Wildman–Crippen MR) is 198 cm³/mol. The van der Waals surface area contributed by atoms with E-state index >= 15 is 0 Å². The van der Waals surface area contributed by atoms with Gasteiger partial charge in [0.2, 0.25) is 17.7 Å². The number of nitro groups is 1. The normalized spacial score (nSPS) is 13.0. The Morgan fingerprint density at radius 2 is 1.42 bits per heavy atom. The maximum Gasteiger partial charge on any atom is 0.326 e. The number of carbonyl (C=O) groups excluding carboxylic acids is 4. The Bertz CT molecular complexity index is 1560. The highest BCUT2D eigenvalue weighted by atomic mass is 35.5. The molecule has 0 aliphatic carbocycles. The minimum atomic E-state index is -1.36. The van der Waals surface area contributed by atoms with Crippen LogP contribution in [-0.4, -0.2) is 87.4 Å². The van der Waals surface area contributed by atoms with Gasteiger partial charge in [-0.2, -0.15) is 0 Å². The lowest BCUT2D eigenvalue weighted by Crippen LogP contribution is -2.58. The van der Waals surface area contributed by atoms with Crippen LogP contribution < -0.4 is 38.5 Å². The summed E-state index contributed by atoms with van der Waals surface area (Å²) in [5.41, 5.74) is 16.7. The highest BCUT2D eigenvalue weighted by molar-refractivity contribution is 5.99. The van der Waals surface area contributed by atoms with Gasteiger partial charge in [-0.25, -0.2) is 4.79 Å². The number of benzene rings is 2. The van der Waals surface area contributed by atoms with E-state index in [1.165, 1.54) is 31.2 Å². The van der Waals surface area contributed by atoms with Crippen molar-refractivity contribution >= 4 is 65.3 Å². The first-order valence-electron chi connectivity index (χ1n) is 16.2. The number of halogens is 1. The molecule has 20 heteroatoms. The van der Waals surface area contributed by atoms with Gasteiger partial charge in [-0.15, -0.1) is 12.4 Å². The molecule has 5 atom stereocenters. The number of hydrogen-bond donors (Lipinski definition) is 9. The van der Waals surface area contributed by atoms with Crippen molar-refractivity contribution in [1.82, 2.24) is 21.3 Å². The lowest BCUT2D eigenvalue weighted by molar-refractivity contribution is -0.384. The van der Waals surface area contributed by atoms with Gasteiger partial charge in [0, 0.05) is 36.3 Å². The average Bonchev–Trinajstić information content (AvgIpc) is 3.10. The Kier molecular flexibility index (Phi) is 21.5. The van der Waals surface area contributed by atoms with Crippen LogP contribution in [0.2, 0.25) is 0 Å². The molecule has 53 heavy (non-hydrogen) atoms. The van der Waals surface area contributed by atoms with Crippen molar-refractivity contribution in [2.75, 3.05) is 12.3 Å². The van der Waals surface area contributed by atoms with Gasteiger partial charge < -0.3 is 48.7 Å². The van der Waals surface area contributed by atoms with Crippen molar-refractivity contribution in [3.05, 3.63) is 70.3 Å². The summed E-state index contributed by atoms with van der Waals surface area (Å²) in [6.07, 6.45) is 0.00968. The van der Waals surface area contributed by atoms with E-state index in [4.69, 9.17) is 22.3 Å². The number of amides is 4. The molecule has 19 nitrogen and oxygen atoms in total. The molecule has 2 aromatic rings. The Balaban J connectivity index is 0.00000211. The number of aliphatic imine (C=N–C) groups is 1. The third kappa shape index (κ3) is 18.2. The van der Waals surface area contributed by atoms with Crippen molar-refractivity contribution < 1.29 is 43.9 Å². The molecule has 0 aliphatic heterocycles. The second-order valence-electron chi connectivity index (χ2n) is 11.6. The van der Waals surface area contributed by atoms with Crippen LogP contribution in [0.4, 0.5) is 11.4 Å². The summed E-state index contributed by atoms with van der Waals surface area (Å²) >= 11 is 0. The topological polar surface area (TPSA) is 325 Å². The number of anilines is 1. The van der Waals surface area contributed by atoms with E-state index in [0.717, 1.165) is 0 Å². The molecule has 0 fully saturated rings. The molecule has 2 rings (SSSR count). The molecule has 0 saturated heterocycles. The second-order valence-corrected chi connectivity index (χ2v) is 11.6. The molecule has 4 amide bonds. The number of aliphatic carboxylic acids is 2. The third-order valence-corrected chi connectivity index (χ3v) is 7.51. The Hall–Kier alpha value is -5.98. The highest BCUT2D eigenvalue weighted by Crippen LogP contribution is 2.13. The first kappa shape index (κ1) is 47.0. The molecule has 0 bridgehead atoms. The second kappa shape index (κ2) is 24.2. The van der Waals surface area contributed by atoms with E-state index in [0.29, 0.717) is 17.7 Å². The van der Waals surface area contributed by atoms with Crippen molar-refractivity contribution in [1.29, 1.82) is 0 Å². The fraction of sp³-hybridized carbons (Fsp3) is 0.424. The fourth-order valence-corrected chi connectivity index (χ4v) is 4.35. The number of rotatable bonds is 19. The lowest BCUT2D eigenvalue weighted by Gasteiger charge is -2.27. The number of nitrogens with one attached hydrogen (secondary N) is 4. The number of carbonyl (C=O) groups is 6. The molecule has 12 N–H and O–H groups in total. The van der Waals surface area contributed by atoms with Crippen molar-refractivity contribution in [3.8, 4) is 0 Å². The van der Waals surface area contributed by atoms with Crippen LogP contribution in [0.3, 0.4) is 0 Å². The van der Waals surface area contributed by atoms with Crippen LogP contribution in [0.5, 0.6) is 0 Å². The number of carboxylic acids is 2. The zero-order valence-electron chi connectivity index (χ0n) is 29.5. The molecule has 2 aromatic carbocycles. The Morgan fingerprint density at radius 3 is 1.92 bits per heavy atom. The minimum absolute atomic E-state index is 0. The zero-order valence-corrected chi connectivity index (χ0v) is 30.3. The van der Waals surface area contributed by atoms with Crippen LogP contribution >= 0.6 is 12.4 Å². The number of guanidine groups is 1. The van der Waals surface area contributed by atoms with Crippen LogP contribution in [-0.2, 0) is 24.0 Å². The van der Waals surface area contributed by atoms with Crippen molar-refractivity contribution in [3.63, 3.8) is 0 Å². The summed E-state index contributed by atoms with van der Waals surface area (Å²) in [5.74, 6) is -5.88. The van der Waals surface area contributed by atoms with E-state index in [1.807, 2.05) is 6.92 Å². The molecule has 0 saturated carbocycles. The van der Waals surface area contributed by atoms with Gasteiger partial charge in [-0.3, -0.25) is 39.1 Å². The molecular weight excluding hydrogens is 718 g/mol. The van der Waals surface area contributed by atoms with Crippen molar-refractivity contribution in [2.24, 2.45) is 22.4 Å². The van der Waals surface area contributed by atoms with E-state index in [9.17, 15) is 44.0 Å². The number of non-ortho nitro benzene ring substituents is 1. The highest BCUT2D eigenvalue weighted by Gasteiger charge is 2.32. The van der Waals surface area contributed by atoms with Crippen LogP contribution in [0.25, 0.3) is 0 Å². The molecule has 0 radical (unpaired) electrons. The summed E-state index contributed by atoms with van der Waals surface area (Å²) in [6, 6.07) is 9.05. The zero-order chi connectivity index (χ0) is 39.4. The number of carboxylic acid groups (broad SMARTS) is 2. The number of nitrogens with two attached hydrogens (primary N) is 3. The van der Waals surface area contributed by atoms with Crippen LogP contribution in [0.1, 0.15) is 63.2 Å². The predicted octanol–water partition coefficient (Wildman–Crippen LogP) is 0.907. The maximum absolute atomic E-state index is 13.3. The van der Waals surface area contributed by atoms with Gasteiger partial charge >= 0.3 is 11.9 Å². The molecule has 292 valence electrons. The Labute approximate surface area is 312 Å². The van der Waals surface area contributed by atoms with E-state index in [-0.39, 0.29) is 55.8 Å². The quantitative estimate of drug-likeness (QED) is 0.0240. The lowest BCUT2D eigenvalue weighted by atomic mass is 9.97. The Morgan fingerprint density at radius 1 is 0.830 bits per heavy atom. The third-order valence-electron chi connectivity index (χ3n) is 7.51. The van der Waals surface area contributed by atoms with Crippen LogP contribution in [0, 0.1) is 16.0 Å². The molecule has 0 aromatic heterocycles. The average molecular weight is 766 g/mol. The van der Waals surface area contributed by atoms with Crippen molar-refractivity contribution in [2.45, 2.75) is 77.0 Å². The number of hydrogen-bond acceptors (Lipinski definition) is 10. The molecule has 0 aliphatic rings. The molecule has 0 heterocycles. The van der Waals surface area contributed by atoms with Gasteiger partial charge in [0.25, 0.3) is 11.6 Å². The first-order chi connectivity index (χ1) is 24.5. The van der Waals surface area contributed by atoms with E-state index in [1.54, 1.807) is 37.3 Å². The van der Waals surface area contributed by atoms with Gasteiger partial charge in [-0.1, -0.05) is 38.5 Å². The van der Waals surface area contributed by atoms with E-state index < -0.39 is 71.1 Å². The molecule has 0 spiro atoms. The van der Waals surface area contributed by atoms with Gasteiger partial charge in [-0.05, 0) is 56.4 Å². The van der Waals surface area contributed by atoms with Gasteiger partial charge in [0.1, 0.15) is 24.2 Å². The molecular formula is C33H48ClN9O10. The first-order valence-corrected chi connectivity index (χ1v) is 16.2. The number of nitrogens with zero attached hydrogens (tertiary/aromatic N) is 2. The smallest absolute Gasteiger partial charge is 0.326 e. The number of nitro benzene ring substituents is 1. The largest absolute Gasteiger partial charge is 0.481 e. The standard InChI is InChI=1S/C27H41N7O8.C6H6N2O2.ClH/c1-4-15(2)21(34-23(38)17-9-6-5-7-10-17)25(40)32-18(12-13-20(35)36)24(39)31-16(3)22(37)33-19(26(41)42)11-8-14-30-27(28)29;7-5-1-3-6(4-2-5)8(9)10;/h5-7,9-10,15-16,18-19,21H,4,8,11-14H2,1-3H3,(H,31,39)(H,32,40)(H,33,37)(H,34,38)(H,35,36)(H,41,42)(H4,28,29,30);1-4H,7H2;1H/t15-,16-,18-,19-,21-;;/m0../s1. The molecule has 0 unspecified atom stereocenters. The minimum Gasteiger partial charge on any atom is -0.481 e. The van der Waals surface area contributed by atoms with Crippen LogP contribution in [0.15, 0.2) is 59.6 Å². The van der Waals surface area contributed by atoms with Gasteiger partial charge in [0.15, 0.2) is 5.96 Å². The number of nitrogen functional groups attached to an aromatic ring is 1. The summed E-state index contributed by atoms with van der Waals surface area (Å²) < 4.78 is 0. The van der Waals surface area contributed by atoms with E-state index in [2.05, 4.69) is 26.3 Å². The monoisotopic (exact) mass is 765 g/mol. The summed E-state index contributed by atoms with van der Waals surface area (Å²) in [7, 11) is 0. The maximum atomic E-state index is 13.3.